The third kappa shape index (κ3) is 4.22. The Morgan fingerprint density at radius 2 is 1.68 bits per heavy atom. The van der Waals surface area contributed by atoms with E-state index in [2.05, 4.69) is 22.3 Å². The van der Waals surface area contributed by atoms with Crippen molar-refractivity contribution in [2.45, 2.75) is 23.9 Å². The van der Waals surface area contributed by atoms with Crippen LogP contribution in [0.1, 0.15) is 27.8 Å². The molecule has 0 amide bonds. The minimum atomic E-state index is -0.0118. The molecule has 1 aliphatic rings. The predicted octanol–water partition coefficient (Wildman–Crippen LogP) is 5.92. The second kappa shape index (κ2) is 8.57. The molecule has 0 saturated heterocycles. The average Bonchev–Trinajstić information content (AvgIpc) is 3.21. The first-order valence-electron chi connectivity index (χ1n) is 9.87. The van der Waals surface area contributed by atoms with Crippen molar-refractivity contribution in [1.82, 2.24) is 14.9 Å². The van der Waals surface area contributed by atoms with Gasteiger partial charge in [-0.2, -0.15) is 9.78 Å². The van der Waals surface area contributed by atoms with Gasteiger partial charge in [-0.3, -0.25) is 0 Å². The third-order valence-electron chi connectivity index (χ3n) is 4.99. The predicted molar refractivity (Wildman–Crippen MR) is 124 cm³/mol. The number of aromatic nitrogens is 3. The Morgan fingerprint density at radius 1 is 0.935 bits per heavy atom. The molecule has 0 bridgehead atoms. The van der Waals surface area contributed by atoms with Gasteiger partial charge in [-0.15, -0.1) is 10.2 Å². The normalized spacial score (nSPS) is 15.3. The molecule has 0 aliphatic carbocycles. The molecule has 5 nitrogen and oxygen atoms in total. The average molecular weight is 447 g/mol. The van der Waals surface area contributed by atoms with E-state index in [-0.39, 0.29) is 11.9 Å². The Bertz CT molecular complexity index is 1220. The van der Waals surface area contributed by atoms with E-state index in [1.807, 2.05) is 73.7 Å². The zero-order chi connectivity index (χ0) is 21.2. The summed E-state index contributed by atoms with van der Waals surface area (Å²) in [5.74, 6) is 1.45. The summed E-state index contributed by atoms with van der Waals surface area (Å²) in [5, 5.41) is 15.1. The SMILES string of the molecule is Cc1ccc(OCc2nnc3n2N=C(c2ccccc2)[C@H](c2ccc(Cl)cc2)S3)cc1. The van der Waals surface area contributed by atoms with Gasteiger partial charge in [0.1, 0.15) is 12.4 Å². The molecular formula is C24H19ClN4OS. The molecule has 154 valence electrons. The number of benzene rings is 3. The van der Waals surface area contributed by atoms with Crippen molar-refractivity contribution in [3.05, 3.63) is 106 Å². The van der Waals surface area contributed by atoms with Crippen molar-refractivity contribution < 1.29 is 4.74 Å². The highest BCUT2D eigenvalue weighted by Gasteiger charge is 2.30. The number of rotatable bonds is 5. The minimum Gasteiger partial charge on any atom is -0.486 e. The van der Waals surface area contributed by atoms with Crippen molar-refractivity contribution in [3.63, 3.8) is 0 Å². The van der Waals surface area contributed by atoms with Crippen molar-refractivity contribution >= 4 is 29.1 Å². The molecule has 0 spiro atoms. The van der Waals surface area contributed by atoms with Crippen LogP contribution in [0.5, 0.6) is 5.75 Å². The molecule has 1 aliphatic heterocycles. The van der Waals surface area contributed by atoms with E-state index in [1.54, 1.807) is 16.4 Å². The highest BCUT2D eigenvalue weighted by Crippen LogP contribution is 2.41. The van der Waals surface area contributed by atoms with Crippen LogP contribution in [0.4, 0.5) is 0 Å². The Balaban J connectivity index is 1.49. The first kappa shape index (κ1) is 19.8. The molecule has 0 radical (unpaired) electrons. The van der Waals surface area contributed by atoms with Crippen LogP contribution in [-0.4, -0.2) is 20.6 Å². The number of aryl methyl sites for hydroxylation is 1. The van der Waals surface area contributed by atoms with E-state index in [9.17, 15) is 0 Å². The zero-order valence-corrected chi connectivity index (χ0v) is 18.3. The fourth-order valence-electron chi connectivity index (χ4n) is 3.34. The quantitative estimate of drug-likeness (QED) is 0.382. The highest BCUT2D eigenvalue weighted by molar-refractivity contribution is 8.00. The van der Waals surface area contributed by atoms with Crippen molar-refractivity contribution in [3.8, 4) is 5.75 Å². The number of halogens is 1. The molecule has 2 heterocycles. The van der Waals surface area contributed by atoms with Gasteiger partial charge in [-0.05, 0) is 42.3 Å². The lowest BCUT2D eigenvalue weighted by molar-refractivity contribution is 0.289. The maximum absolute atomic E-state index is 6.10. The number of nitrogens with zero attached hydrogens (tertiary/aromatic N) is 4. The van der Waals surface area contributed by atoms with E-state index >= 15 is 0 Å². The summed E-state index contributed by atoms with van der Waals surface area (Å²) < 4.78 is 7.71. The number of hydrogen-bond acceptors (Lipinski definition) is 5. The summed E-state index contributed by atoms with van der Waals surface area (Å²) >= 11 is 7.73. The first-order valence-corrected chi connectivity index (χ1v) is 11.1. The Kier molecular flexibility index (Phi) is 5.49. The van der Waals surface area contributed by atoms with Crippen molar-refractivity contribution in [2.75, 3.05) is 0 Å². The van der Waals surface area contributed by atoms with Crippen LogP contribution in [0.2, 0.25) is 5.02 Å². The van der Waals surface area contributed by atoms with Crippen molar-refractivity contribution in [2.24, 2.45) is 5.10 Å². The lowest BCUT2D eigenvalue weighted by Gasteiger charge is -2.23. The Labute approximate surface area is 189 Å². The van der Waals surface area contributed by atoms with Crippen LogP contribution >= 0.6 is 23.4 Å². The summed E-state index contributed by atoms with van der Waals surface area (Å²) in [6.07, 6.45) is 0. The number of hydrogen-bond donors (Lipinski definition) is 0. The Morgan fingerprint density at radius 3 is 2.42 bits per heavy atom. The number of ether oxygens (including phenoxy) is 1. The summed E-state index contributed by atoms with van der Waals surface area (Å²) in [6, 6.07) is 26.0. The highest BCUT2D eigenvalue weighted by atomic mass is 35.5. The van der Waals surface area contributed by atoms with Gasteiger partial charge in [-0.25, -0.2) is 0 Å². The lowest BCUT2D eigenvalue weighted by Crippen LogP contribution is -2.19. The summed E-state index contributed by atoms with van der Waals surface area (Å²) in [5.41, 5.74) is 4.30. The molecular weight excluding hydrogens is 428 g/mol. The smallest absolute Gasteiger partial charge is 0.213 e. The van der Waals surface area contributed by atoms with Crippen LogP contribution in [0.25, 0.3) is 0 Å². The molecule has 4 aromatic rings. The lowest BCUT2D eigenvalue weighted by atomic mass is 10.0. The molecule has 3 aromatic carbocycles. The third-order valence-corrected chi connectivity index (χ3v) is 6.44. The monoisotopic (exact) mass is 446 g/mol. The van der Waals surface area contributed by atoms with E-state index in [0.717, 1.165) is 27.7 Å². The second-order valence-corrected chi connectivity index (χ2v) is 8.72. The van der Waals surface area contributed by atoms with Gasteiger partial charge < -0.3 is 4.74 Å². The van der Waals surface area contributed by atoms with Gasteiger partial charge in [0.05, 0.1) is 11.0 Å². The molecule has 0 unspecified atom stereocenters. The standard InChI is InChI=1S/C24H19ClN4OS/c1-16-7-13-20(14-8-16)30-15-21-26-27-24-29(21)28-22(17-5-3-2-4-6-17)23(31-24)18-9-11-19(25)12-10-18/h2-14,23H,15H2,1H3/t23-/m0/s1. The van der Waals surface area contributed by atoms with Crippen LogP contribution in [0.3, 0.4) is 0 Å². The van der Waals surface area contributed by atoms with E-state index in [4.69, 9.17) is 21.4 Å². The van der Waals surface area contributed by atoms with Gasteiger partial charge >= 0.3 is 0 Å². The molecule has 0 fully saturated rings. The van der Waals surface area contributed by atoms with Crippen LogP contribution in [-0.2, 0) is 6.61 Å². The molecule has 31 heavy (non-hydrogen) atoms. The Hall–Kier alpha value is -3.09. The van der Waals surface area contributed by atoms with E-state index in [1.165, 1.54) is 5.56 Å². The molecule has 5 rings (SSSR count). The molecule has 1 atom stereocenters. The molecule has 0 saturated carbocycles. The van der Waals surface area contributed by atoms with Crippen molar-refractivity contribution in [1.29, 1.82) is 0 Å². The molecule has 1 aromatic heterocycles. The number of fused-ring (bicyclic) bond motifs is 1. The second-order valence-electron chi connectivity index (χ2n) is 7.21. The summed E-state index contributed by atoms with van der Waals surface area (Å²) in [7, 11) is 0. The van der Waals surface area contributed by atoms with Gasteiger partial charge in [0, 0.05) is 5.02 Å². The largest absolute Gasteiger partial charge is 0.486 e. The summed E-state index contributed by atoms with van der Waals surface area (Å²) in [6.45, 7) is 2.33. The fraction of sp³-hybridized carbons (Fsp3) is 0.125. The first-order chi connectivity index (χ1) is 15.2. The molecule has 0 N–H and O–H groups in total. The maximum Gasteiger partial charge on any atom is 0.213 e. The van der Waals surface area contributed by atoms with Crippen LogP contribution in [0, 0.1) is 6.92 Å². The number of thioether (sulfide) groups is 1. The van der Waals surface area contributed by atoms with Crippen LogP contribution < -0.4 is 4.74 Å². The van der Waals surface area contributed by atoms with Crippen LogP contribution in [0.15, 0.2) is 89.1 Å². The maximum atomic E-state index is 6.10. The van der Waals surface area contributed by atoms with E-state index < -0.39 is 0 Å². The summed E-state index contributed by atoms with van der Waals surface area (Å²) in [4.78, 5) is 0. The van der Waals surface area contributed by atoms with Gasteiger partial charge in [0.25, 0.3) is 0 Å². The fourth-order valence-corrected chi connectivity index (χ4v) is 4.60. The molecule has 7 heteroatoms. The zero-order valence-electron chi connectivity index (χ0n) is 16.8. The van der Waals surface area contributed by atoms with Gasteiger partial charge in [0.15, 0.2) is 5.82 Å². The topological polar surface area (TPSA) is 52.3 Å². The van der Waals surface area contributed by atoms with E-state index in [0.29, 0.717) is 10.8 Å². The van der Waals surface area contributed by atoms with Gasteiger partial charge in [-0.1, -0.05) is 83.5 Å². The minimum absolute atomic E-state index is 0.0118. The van der Waals surface area contributed by atoms with Gasteiger partial charge in [0.2, 0.25) is 5.16 Å².